The number of carbonyl (C=O) groups excluding carboxylic acids is 2. The molecule has 15 heavy (non-hydrogen) atoms. The van der Waals surface area contributed by atoms with Crippen molar-refractivity contribution in [1.82, 2.24) is 0 Å². The Morgan fingerprint density at radius 3 is 2.67 bits per heavy atom. The van der Waals surface area contributed by atoms with E-state index in [2.05, 4.69) is 4.74 Å². The summed E-state index contributed by atoms with van der Waals surface area (Å²) in [4.78, 5) is 22.5. The molecule has 1 heterocycles. The number of carbonyl (C=O) groups is 2. The van der Waals surface area contributed by atoms with Crippen LogP contribution in [0.25, 0.3) is 0 Å². The van der Waals surface area contributed by atoms with Crippen molar-refractivity contribution < 1.29 is 24.2 Å². The summed E-state index contributed by atoms with van der Waals surface area (Å²) in [5.74, 6) is -1.50. The number of hydrogen-bond donors (Lipinski definition) is 1. The second-order valence-electron chi connectivity index (χ2n) is 2.54. The van der Waals surface area contributed by atoms with Gasteiger partial charge in [-0.3, -0.25) is 0 Å². The van der Waals surface area contributed by atoms with Crippen LogP contribution >= 0.6 is 11.3 Å². The van der Waals surface area contributed by atoms with Gasteiger partial charge in [0.25, 0.3) is 0 Å². The fourth-order valence-electron chi connectivity index (χ4n) is 0.923. The van der Waals surface area contributed by atoms with E-state index in [1.165, 1.54) is 13.2 Å². The zero-order chi connectivity index (χ0) is 11.4. The summed E-state index contributed by atoms with van der Waals surface area (Å²) in [6.07, 6.45) is 0. The van der Waals surface area contributed by atoms with E-state index in [1.54, 1.807) is 6.92 Å². The van der Waals surface area contributed by atoms with Crippen LogP contribution in [-0.4, -0.2) is 30.8 Å². The van der Waals surface area contributed by atoms with Crippen molar-refractivity contribution in [2.45, 2.75) is 6.92 Å². The van der Waals surface area contributed by atoms with Crippen molar-refractivity contribution in [1.29, 1.82) is 0 Å². The number of esters is 2. The first-order chi connectivity index (χ1) is 7.10. The molecule has 0 bridgehead atoms. The topological polar surface area (TPSA) is 72.8 Å². The Morgan fingerprint density at radius 2 is 2.13 bits per heavy atom. The van der Waals surface area contributed by atoms with Gasteiger partial charge in [0, 0.05) is 6.07 Å². The number of rotatable bonds is 3. The quantitative estimate of drug-likeness (QED) is 0.795. The minimum Gasteiger partial charge on any atom is -0.506 e. The molecule has 0 fully saturated rings. The van der Waals surface area contributed by atoms with Crippen molar-refractivity contribution in [3.8, 4) is 5.75 Å². The first kappa shape index (κ1) is 11.5. The summed E-state index contributed by atoms with van der Waals surface area (Å²) in [6, 6.07) is 1.19. The Morgan fingerprint density at radius 1 is 1.47 bits per heavy atom. The summed E-state index contributed by atoms with van der Waals surface area (Å²) in [5, 5.41) is 9.35. The summed E-state index contributed by atoms with van der Waals surface area (Å²) in [6.45, 7) is 1.91. The van der Waals surface area contributed by atoms with Crippen molar-refractivity contribution in [3.05, 3.63) is 15.8 Å². The van der Waals surface area contributed by atoms with Crippen molar-refractivity contribution in [2.75, 3.05) is 13.7 Å². The third-order valence-electron chi connectivity index (χ3n) is 1.56. The lowest BCUT2D eigenvalue weighted by molar-refractivity contribution is 0.0531. The smallest absolute Gasteiger partial charge is 0.351 e. The highest BCUT2D eigenvalue weighted by Crippen LogP contribution is 2.29. The van der Waals surface area contributed by atoms with Crippen LogP contribution in [0.5, 0.6) is 5.75 Å². The van der Waals surface area contributed by atoms with Crippen molar-refractivity contribution in [2.24, 2.45) is 0 Å². The molecule has 82 valence electrons. The molecule has 1 aromatic heterocycles. The van der Waals surface area contributed by atoms with Gasteiger partial charge in [-0.25, -0.2) is 9.59 Å². The van der Waals surface area contributed by atoms with Crippen LogP contribution in [0.1, 0.15) is 26.3 Å². The summed E-state index contributed by atoms with van der Waals surface area (Å²) in [5.41, 5.74) is 0. The van der Waals surface area contributed by atoms with E-state index in [0.29, 0.717) is 0 Å². The molecule has 1 aromatic rings. The molecule has 0 radical (unpaired) electrons. The van der Waals surface area contributed by atoms with E-state index >= 15 is 0 Å². The summed E-state index contributed by atoms with van der Waals surface area (Å²) in [7, 11) is 1.20. The van der Waals surface area contributed by atoms with E-state index in [1.807, 2.05) is 0 Å². The molecule has 1 rings (SSSR count). The molecule has 0 saturated carbocycles. The lowest BCUT2D eigenvalue weighted by Gasteiger charge is -1.96. The monoisotopic (exact) mass is 230 g/mol. The lowest BCUT2D eigenvalue weighted by atomic mass is 10.4. The maximum absolute atomic E-state index is 11.2. The molecule has 0 aliphatic heterocycles. The molecule has 0 saturated heterocycles. The second kappa shape index (κ2) is 4.79. The third kappa shape index (κ3) is 2.47. The maximum atomic E-state index is 11.2. The van der Waals surface area contributed by atoms with Gasteiger partial charge in [0.15, 0.2) is 4.88 Å². The van der Waals surface area contributed by atoms with Crippen LogP contribution in [0.15, 0.2) is 6.07 Å². The van der Waals surface area contributed by atoms with Crippen LogP contribution in [0, 0.1) is 0 Å². The lowest BCUT2D eigenvalue weighted by Crippen LogP contribution is -2.01. The Bertz CT molecular complexity index is 382. The Kier molecular flexibility index (Phi) is 3.68. The molecular formula is C9H10O5S. The molecule has 0 aromatic carbocycles. The Labute approximate surface area is 90.2 Å². The normalized spacial score (nSPS) is 9.73. The number of hydrogen-bond acceptors (Lipinski definition) is 6. The van der Waals surface area contributed by atoms with Crippen molar-refractivity contribution in [3.63, 3.8) is 0 Å². The number of aromatic hydroxyl groups is 1. The van der Waals surface area contributed by atoms with Crippen LogP contribution in [0.3, 0.4) is 0 Å². The number of ether oxygens (including phenoxy) is 2. The highest BCUT2D eigenvalue weighted by Gasteiger charge is 2.20. The molecule has 0 aliphatic carbocycles. The molecular weight excluding hydrogens is 220 g/mol. The van der Waals surface area contributed by atoms with E-state index in [-0.39, 0.29) is 22.1 Å². The average molecular weight is 230 g/mol. The standard InChI is InChI=1S/C9H10O5S/c1-3-14-8(11)6-4-5(10)7(15-6)9(12)13-2/h4,10H,3H2,1-2H3. The number of methoxy groups -OCH3 is 1. The average Bonchev–Trinajstić information content (AvgIpc) is 2.60. The van der Waals surface area contributed by atoms with E-state index < -0.39 is 11.9 Å². The van der Waals surface area contributed by atoms with Gasteiger partial charge >= 0.3 is 11.9 Å². The second-order valence-corrected chi connectivity index (χ2v) is 3.59. The molecule has 0 amide bonds. The summed E-state index contributed by atoms with van der Waals surface area (Å²) >= 11 is 0.841. The minimum atomic E-state index is -0.673. The minimum absolute atomic E-state index is 0.000512. The zero-order valence-corrected chi connectivity index (χ0v) is 9.09. The third-order valence-corrected chi connectivity index (χ3v) is 2.64. The highest BCUT2D eigenvalue weighted by molar-refractivity contribution is 7.16. The van der Waals surface area contributed by atoms with E-state index in [0.717, 1.165) is 11.3 Å². The predicted molar refractivity (Wildman–Crippen MR) is 53.3 cm³/mol. The van der Waals surface area contributed by atoms with Crippen LogP contribution < -0.4 is 0 Å². The van der Waals surface area contributed by atoms with E-state index in [9.17, 15) is 14.7 Å². The van der Waals surface area contributed by atoms with Gasteiger partial charge < -0.3 is 14.6 Å². The van der Waals surface area contributed by atoms with Gasteiger partial charge in [0.1, 0.15) is 10.6 Å². The molecule has 0 atom stereocenters. The van der Waals surface area contributed by atoms with Crippen LogP contribution in [-0.2, 0) is 9.47 Å². The van der Waals surface area contributed by atoms with Gasteiger partial charge in [-0.1, -0.05) is 0 Å². The largest absolute Gasteiger partial charge is 0.506 e. The molecule has 0 spiro atoms. The zero-order valence-electron chi connectivity index (χ0n) is 8.27. The van der Waals surface area contributed by atoms with Gasteiger partial charge in [-0.05, 0) is 6.92 Å². The predicted octanol–water partition coefficient (Wildman–Crippen LogP) is 1.42. The first-order valence-corrected chi connectivity index (χ1v) is 5.00. The van der Waals surface area contributed by atoms with E-state index in [4.69, 9.17) is 4.74 Å². The van der Waals surface area contributed by atoms with Crippen LogP contribution in [0.2, 0.25) is 0 Å². The van der Waals surface area contributed by atoms with Crippen LogP contribution in [0.4, 0.5) is 0 Å². The molecule has 5 nitrogen and oxygen atoms in total. The molecule has 1 N–H and O–H groups in total. The van der Waals surface area contributed by atoms with Gasteiger partial charge in [0.05, 0.1) is 13.7 Å². The number of thiophene rings is 1. The first-order valence-electron chi connectivity index (χ1n) is 4.18. The highest BCUT2D eigenvalue weighted by atomic mass is 32.1. The fourth-order valence-corrected chi connectivity index (χ4v) is 1.79. The molecule has 6 heteroatoms. The Hall–Kier alpha value is -1.56. The SMILES string of the molecule is CCOC(=O)c1cc(O)c(C(=O)OC)s1. The summed E-state index contributed by atoms with van der Waals surface area (Å²) < 4.78 is 9.15. The van der Waals surface area contributed by atoms with Gasteiger partial charge in [-0.2, -0.15) is 0 Å². The van der Waals surface area contributed by atoms with Crippen molar-refractivity contribution >= 4 is 23.3 Å². The maximum Gasteiger partial charge on any atom is 0.351 e. The fraction of sp³-hybridized carbons (Fsp3) is 0.333. The molecule has 0 aliphatic rings. The van der Waals surface area contributed by atoms with Gasteiger partial charge in [-0.15, -0.1) is 11.3 Å². The van der Waals surface area contributed by atoms with Gasteiger partial charge in [0.2, 0.25) is 0 Å². The Balaban J connectivity index is 2.95. The molecule has 0 unspecified atom stereocenters.